The zero-order valence-corrected chi connectivity index (χ0v) is 13.0. The van der Waals surface area contributed by atoms with Crippen LogP contribution >= 0.6 is 0 Å². The quantitative estimate of drug-likeness (QED) is 0.925. The Morgan fingerprint density at radius 1 is 1.27 bits per heavy atom. The summed E-state index contributed by atoms with van der Waals surface area (Å²) in [5.74, 6) is 1.58. The minimum Gasteiger partial charge on any atom is -0.454 e. The van der Waals surface area contributed by atoms with E-state index in [1.165, 1.54) is 11.3 Å². The molecule has 116 valence electrons. The zero-order valence-electron chi connectivity index (χ0n) is 13.0. The van der Waals surface area contributed by atoms with E-state index in [0.717, 1.165) is 42.0 Å². The number of benzene rings is 1. The van der Waals surface area contributed by atoms with Crippen LogP contribution in [0.15, 0.2) is 18.2 Å². The molecule has 2 aromatic rings. The average molecular weight is 299 g/mol. The topological polar surface area (TPSA) is 62.3 Å². The fraction of sp³-hybridized carbons (Fsp3) is 0.471. The molecule has 1 unspecified atom stereocenters. The van der Waals surface area contributed by atoms with Crippen molar-refractivity contribution >= 4 is 0 Å². The number of fused-ring (bicyclic) bond motifs is 2. The molecule has 0 radical (unpaired) electrons. The van der Waals surface area contributed by atoms with Crippen molar-refractivity contribution in [1.82, 2.24) is 9.78 Å². The monoisotopic (exact) mass is 299 g/mol. The maximum Gasteiger partial charge on any atom is 0.231 e. The summed E-state index contributed by atoms with van der Waals surface area (Å²) in [6.07, 6.45) is 3.21. The van der Waals surface area contributed by atoms with E-state index in [1.807, 2.05) is 18.2 Å². The van der Waals surface area contributed by atoms with Gasteiger partial charge in [-0.3, -0.25) is 4.68 Å². The molecule has 0 saturated carbocycles. The predicted octanol–water partition coefficient (Wildman–Crippen LogP) is 3.20. The van der Waals surface area contributed by atoms with E-state index < -0.39 is 0 Å². The van der Waals surface area contributed by atoms with Crippen LogP contribution in [0.5, 0.6) is 11.5 Å². The molecule has 2 N–H and O–H groups in total. The molecule has 0 fully saturated rings. The van der Waals surface area contributed by atoms with Gasteiger partial charge < -0.3 is 15.2 Å². The Balaban J connectivity index is 1.88. The van der Waals surface area contributed by atoms with E-state index in [0.29, 0.717) is 6.04 Å². The minimum absolute atomic E-state index is 0.0664. The van der Waals surface area contributed by atoms with E-state index in [1.54, 1.807) is 0 Å². The summed E-state index contributed by atoms with van der Waals surface area (Å²) >= 11 is 0. The SMILES string of the molecule is CC(C)n1nc(-c2ccc3c(c2)OCO3)c2c1CCCC2N. The molecule has 5 heteroatoms. The molecule has 0 amide bonds. The smallest absolute Gasteiger partial charge is 0.231 e. The largest absolute Gasteiger partial charge is 0.454 e. The Hall–Kier alpha value is -2.01. The third-order valence-corrected chi connectivity index (χ3v) is 4.48. The molecule has 4 rings (SSSR count). The van der Waals surface area contributed by atoms with Crippen molar-refractivity contribution in [1.29, 1.82) is 0 Å². The number of nitrogens with two attached hydrogens (primary N) is 1. The molecule has 1 aliphatic heterocycles. The van der Waals surface area contributed by atoms with E-state index >= 15 is 0 Å². The van der Waals surface area contributed by atoms with Gasteiger partial charge in [0.2, 0.25) is 6.79 Å². The normalized spacial score (nSPS) is 19.5. The number of hydrogen-bond donors (Lipinski definition) is 1. The Kier molecular flexibility index (Phi) is 3.11. The lowest BCUT2D eigenvalue weighted by atomic mass is 9.89. The lowest BCUT2D eigenvalue weighted by molar-refractivity contribution is 0.174. The molecule has 5 nitrogen and oxygen atoms in total. The second-order valence-electron chi connectivity index (χ2n) is 6.31. The van der Waals surface area contributed by atoms with Crippen LogP contribution in [0.4, 0.5) is 0 Å². The van der Waals surface area contributed by atoms with Crippen molar-refractivity contribution in [2.24, 2.45) is 5.73 Å². The summed E-state index contributed by atoms with van der Waals surface area (Å²) < 4.78 is 13.0. The lowest BCUT2D eigenvalue weighted by Gasteiger charge is -2.21. The van der Waals surface area contributed by atoms with Crippen LogP contribution in [0.25, 0.3) is 11.3 Å². The van der Waals surface area contributed by atoms with Gasteiger partial charge in [0.1, 0.15) is 0 Å². The Labute approximate surface area is 130 Å². The van der Waals surface area contributed by atoms with Crippen molar-refractivity contribution in [3.63, 3.8) is 0 Å². The highest BCUT2D eigenvalue weighted by molar-refractivity contribution is 5.69. The molecular weight excluding hydrogens is 278 g/mol. The molecule has 1 atom stereocenters. The molecule has 0 bridgehead atoms. The van der Waals surface area contributed by atoms with Crippen molar-refractivity contribution in [3.05, 3.63) is 29.5 Å². The second kappa shape index (κ2) is 5.02. The van der Waals surface area contributed by atoms with Crippen molar-refractivity contribution in [2.75, 3.05) is 6.79 Å². The first-order valence-electron chi connectivity index (χ1n) is 7.92. The summed E-state index contributed by atoms with van der Waals surface area (Å²) in [6, 6.07) is 6.41. The maximum absolute atomic E-state index is 6.40. The highest BCUT2D eigenvalue weighted by atomic mass is 16.7. The number of hydrogen-bond acceptors (Lipinski definition) is 4. The molecule has 1 aliphatic carbocycles. The fourth-order valence-electron chi connectivity index (χ4n) is 3.44. The van der Waals surface area contributed by atoms with E-state index in [2.05, 4.69) is 18.5 Å². The highest BCUT2D eigenvalue weighted by Crippen LogP contribution is 2.40. The van der Waals surface area contributed by atoms with E-state index in [9.17, 15) is 0 Å². The van der Waals surface area contributed by atoms with Gasteiger partial charge in [0, 0.05) is 28.9 Å². The Morgan fingerprint density at radius 3 is 2.91 bits per heavy atom. The summed E-state index contributed by atoms with van der Waals surface area (Å²) in [7, 11) is 0. The van der Waals surface area contributed by atoms with Gasteiger partial charge in [0.25, 0.3) is 0 Å². The second-order valence-corrected chi connectivity index (χ2v) is 6.31. The molecule has 1 aromatic heterocycles. The van der Waals surface area contributed by atoms with Crippen molar-refractivity contribution in [3.8, 4) is 22.8 Å². The number of rotatable bonds is 2. The predicted molar refractivity (Wildman–Crippen MR) is 84.0 cm³/mol. The molecule has 0 saturated heterocycles. The first-order chi connectivity index (χ1) is 10.6. The standard InChI is InChI=1S/C17H21N3O2/c1-10(2)20-13-5-3-4-12(18)16(13)17(19-20)11-6-7-14-15(8-11)22-9-21-14/h6-8,10,12H,3-5,9,18H2,1-2H3. The maximum atomic E-state index is 6.40. The molecular formula is C17H21N3O2. The van der Waals surface area contributed by atoms with Crippen LogP contribution < -0.4 is 15.2 Å². The summed E-state index contributed by atoms with van der Waals surface area (Å²) in [6.45, 7) is 4.62. The van der Waals surface area contributed by atoms with Crippen molar-refractivity contribution < 1.29 is 9.47 Å². The fourth-order valence-corrected chi connectivity index (χ4v) is 3.44. The molecule has 1 aromatic carbocycles. The van der Waals surface area contributed by atoms with Gasteiger partial charge in [-0.05, 0) is 51.3 Å². The van der Waals surface area contributed by atoms with E-state index in [-0.39, 0.29) is 12.8 Å². The van der Waals surface area contributed by atoms with Gasteiger partial charge in [-0.2, -0.15) is 5.10 Å². The zero-order chi connectivity index (χ0) is 15.3. The number of nitrogens with zero attached hydrogens (tertiary/aromatic N) is 2. The summed E-state index contributed by atoms with van der Waals surface area (Å²) in [5.41, 5.74) is 10.9. The number of aromatic nitrogens is 2. The highest BCUT2D eigenvalue weighted by Gasteiger charge is 2.28. The summed E-state index contributed by atoms with van der Waals surface area (Å²) in [5, 5.41) is 4.88. The summed E-state index contributed by atoms with van der Waals surface area (Å²) in [4.78, 5) is 0. The number of ether oxygens (including phenoxy) is 2. The van der Waals surface area contributed by atoms with Gasteiger partial charge in [-0.15, -0.1) is 0 Å². The van der Waals surface area contributed by atoms with Crippen LogP contribution in [0.3, 0.4) is 0 Å². The van der Waals surface area contributed by atoms with Crippen LogP contribution in [-0.2, 0) is 6.42 Å². The van der Waals surface area contributed by atoms with Crippen LogP contribution in [-0.4, -0.2) is 16.6 Å². The lowest BCUT2D eigenvalue weighted by Crippen LogP contribution is -2.19. The van der Waals surface area contributed by atoms with Gasteiger partial charge >= 0.3 is 0 Å². The van der Waals surface area contributed by atoms with Gasteiger partial charge in [0.05, 0.1) is 5.69 Å². The van der Waals surface area contributed by atoms with Crippen LogP contribution in [0, 0.1) is 0 Å². The van der Waals surface area contributed by atoms with Crippen LogP contribution in [0.1, 0.15) is 50.0 Å². The molecule has 2 heterocycles. The Bertz CT molecular complexity index is 721. The third-order valence-electron chi connectivity index (χ3n) is 4.48. The Morgan fingerprint density at radius 2 is 2.09 bits per heavy atom. The van der Waals surface area contributed by atoms with Crippen molar-refractivity contribution in [2.45, 2.75) is 45.2 Å². The first kappa shape index (κ1) is 13.6. The first-order valence-corrected chi connectivity index (χ1v) is 7.92. The third kappa shape index (κ3) is 2.00. The van der Waals surface area contributed by atoms with Gasteiger partial charge in [0.15, 0.2) is 11.5 Å². The van der Waals surface area contributed by atoms with Gasteiger partial charge in [-0.25, -0.2) is 0 Å². The van der Waals surface area contributed by atoms with Crippen LogP contribution in [0.2, 0.25) is 0 Å². The average Bonchev–Trinajstić information content (AvgIpc) is 3.11. The molecule has 2 aliphatic rings. The van der Waals surface area contributed by atoms with Gasteiger partial charge in [-0.1, -0.05) is 0 Å². The molecule has 0 spiro atoms. The molecule has 22 heavy (non-hydrogen) atoms. The van der Waals surface area contributed by atoms with E-state index in [4.69, 9.17) is 20.3 Å². The minimum atomic E-state index is 0.0664.